The molecule has 1 aromatic rings. The summed E-state index contributed by atoms with van der Waals surface area (Å²) in [5, 5.41) is 20.2. The van der Waals surface area contributed by atoms with Crippen molar-refractivity contribution in [3.05, 3.63) is 35.9 Å². The zero-order valence-electron chi connectivity index (χ0n) is 11.7. The summed E-state index contributed by atoms with van der Waals surface area (Å²) in [4.78, 5) is 11.5. The highest BCUT2D eigenvalue weighted by atomic mass is 16.7. The van der Waals surface area contributed by atoms with Gasteiger partial charge in [-0.2, -0.15) is 0 Å². The molecule has 0 spiro atoms. The lowest BCUT2D eigenvalue weighted by molar-refractivity contribution is -0.275. The number of ether oxygens (including phenoxy) is 2. The van der Waals surface area contributed by atoms with Gasteiger partial charge in [-0.15, -0.1) is 0 Å². The van der Waals surface area contributed by atoms with Crippen LogP contribution in [0.4, 0.5) is 0 Å². The Bertz CT molecular complexity index is 447. The highest BCUT2D eigenvalue weighted by molar-refractivity contribution is 5.86. The van der Waals surface area contributed by atoms with Crippen molar-refractivity contribution in [1.82, 2.24) is 0 Å². The van der Waals surface area contributed by atoms with E-state index in [-0.39, 0.29) is 6.42 Å². The molecule has 4 atom stereocenters. The smallest absolute Gasteiger partial charge is 0.174 e. The van der Waals surface area contributed by atoms with Crippen molar-refractivity contribution in [3.63, 3.8) is 0 Å². The van der Waals surface area contributed by atoms with Crippen LogP contribution in [0.25, 0.3) is 0 Å². The Morgan fingerprint density at radius 2 is 2.10 bits per heavy atom. The van der Waals surface area contributed by atoms with Crippen LogP contribution in [0.15, 0.2) is 30.3 Å². The molecule has 1 aliphatic rings. The van der Waals surface area contributed by atoms with Crippen molar-refractivity contribution >= 4 is 5.78 Å². The first kappa shape index (κ1) is 15.1. The first-order valence-electron chi connectivity index (χ1n) is 6.67. The normalized spacial score (nSPS) is 33.9. The molecule has 1 aliphatic heterocycles. The van der Waals surface area contributed by atoms with Crippen LogP contribution in [0, 0.1) is 0 Å². The molecular formula is C15H20O5. The van der Waals surface area contributed by atoms with E-state index < -0.39 is 29.9 Å². The average molecular weight is 280 g/mol. The van der Waals surface area contributed by atoms with Crippen molar-refractivity contribution in [3.8, 4) is 0 Å². The molecule has 0 saturated carbocycles. The number of rotatable bonds is 4. The molecule has 110 valence electrons. The lowest BCUT2D eigenvalue weighted by Crippen LogP contribution is -2.62. The number of carbonyl (C=O) groups excluding carboxylic acids is 1. The number of hydrogen-bond acceptors (Lipinski definition) is 5. The van der Waals surface area contributed by atoms with Crippen molar-refractivity contribution in [2.75, 3.05) is 0 Å². The second kappa shape index (κ2) is 6.01. The van der Waals surface area contributed by atoms with Gasteiger partial charge in [0.15, 0.2) is 17.7 Å². The second-order valence-electron chi connectivity index (χ2n) is 5.14. The molecule has 1 fully saturated rings. The number of benzene rings is 1. The summed E-state index contributed by atoms with van der Waals surface area (Å²) < 4.78 is 11.1. The standard InChI is InChI=1S/C15H20O5/c1-10(16)15(18)11(2)20-14(8-13(15)17)19-9-12-6-4-3-5-7-12/h3-7,11,13-14,17-18H,8-9H2,1-2H3. The average Bonchev–Trinajstić information content (AvgIpc) is 2.43. The fourth-order valence-electron chi connectivity index (χ4n) is 2.41. The predicted molar refractivity (Wildman–Crippen MR) is 71.8 cm³/mol. The van der Waals surface area contributed by atoms with E-state index in [1.165, 1.54) is 6.92 Å². The molecule has 5 nitrogen and oxygen atoms in total. The van der Waals surface area contributed by atoms with Crippen LogP contribution in [0.2, 0.25) is 0 Å². The molecule has 0 aliphatic carbocycles. The van der Waals surface area contributed by atoms with E-state index in [1.807, 2.05) is 30.3 Å². The summed E-state index contributed by atoms with van der Waals surface area (Å²) in [5.41, 5.74) is -0.863. The number of carbonyl (C=O) groups is 1. The molecule has 0 radical (unpaired) electrons. The quantitative estimate of drug-likeness (QED) is 0.861. The molecular weight excluding hydrogens is 260 g/mol. The van der Waals surface area contributed by atoms with Gasteiger partial charge in [0.1, 0.15) is 0 Å². The SMILES string of the molecule is CC(=O)C1(O)C(O)CC(OCc2ccccc2)OC1C. The number of aliphatic hydroxyl groups excluding tert-OH is 1. The Morgan fingerprint density at radius 1 is 1.45 bits per heavy atom. The van der Waals surface area contributed by atoms with Crippen LogP contribution >= 0.6 is 0 Å². The fourth-order valence-corrected chi connectivity index (χ4v) is 2.41. The second-order valence-corrected chi connectivity index (χ2v) is 5.14. The van der Waals surface area contributed by atoms with E-state index >= 15 is 0 Å². The first-order valence-corrected chi connectivity index (χ1v) is 6.67. The minimum atomic E-state index is -1.85. The monoisotopic (exact) mass is 280 g/mol. The topological polar surface area (TPSA) is 76.0 Å². The molecule has 5 heteroatoms. The van der Waals surface area contributed by atoms with Gasteiger partial charge >= 0.3 is 0 Å². The van der Waals surface area contributed by atoms with Crippen molar-refractivity contribution in [2.24, 2.45) is 0 Å². The maximum Gasteiger partial charge on any atom is 0.174 e. The van der Waals surface area contributed by atoms with Gasteiger partial charge in [-0.25, -0.2) is 0 Å². The van der Waals surface area contributed by atoms with Gasteiger partial charge in [-0.05, 0) is 19.4 Å². The summed E-state index contributed by atoms with van der Waals surface area (Å²) in [7, 11) is 0. The van der Waals surface area contributed by atoms with Crippen LogP contribution < -0.4 is 0 Å². The lowest BCUT2D eigenvalue weighted by Gasteiger charge is -2.42. The molecule has 1 aromatic carbocycles. The fraction of sp³-hybridized carbons (Fsp3) is 0.533. The van der Waals surface area contributed by atoms with Crippen molar-refractivity contribution in [2.45, 2.75) is 51.0 Å². The predicted octanol–water partition coefficient (Wildman–Crippen LogP) is 1.02. The molecule has 1 heterocycles. The maximum atomic E-state index is 11.5. The van der Waals surface area contributed by atoms with Crippen LogP contribution in [0.1, 0.15) is 25.8 Å². The molecule has 1 saturated heterocycles. The number of ketones is 1. The molecule has 0 aromatic heterocycles. The Labute approximate surface area is 118 Å². The van der Waals surface area contributed by atoms with E-state index in [9.17, 15) is 15.0 Å². The third-order valence-electron chi connectivity index (χ3n) is 3.74. The summed E-state index contributed by atoms with van der Waals surface area (Å²) in [5.74, 6) is -0.501. The highest BCUT2D eigenvalue weighted by Crippen LogP contribution is 2.31. The van der Waals surface area contributed by atoms with Gasteiger partial charge in [0.2, 0.25) is 0 Å². The van der Waals surface area contributed by atoms with E-state index in [0.29, 0.717) is 6.61 Å². The third kappa shape index (κ3) is 2.91. The summed E-state index contributed by atoms with van der Waals surface area (Å²) in [6, 6.07) is 9.58. The Balaban J connectivity index is 1.96. The molecule has 0 bridgehead atoms. The Morgan fingerprint density at radius 3 is 2.65 bits per heavy atom. The lowest BCUT2D eigenvalue weighted by atomic mass is 9.83. The number of aliphatic hydroxyl groups is 2. The van der Waals surface area contributed by atoms with E-state index in [2.05, 4.69) is 0 Å². The van der Waals surface area contributed by atoms with Gasteiger partial charge in [-0.1, -0.05) is 30.3 Å². The van der Waals surface area contributed by atoms with Gasteiger partial charge in [-0.3, -0.25) is 4.79 Å². The highest BCUT2D eigenvalue weighted by Gasteiger charge is 2.51. The Hall–Kier alpha value is -1.27. The number of hydrogen-bond donors (Lipinski definition) is 2. The van der Waals surface area contributed by atoms with E-state index in [4.69, 9.17) is 9.47 Å². The van der Waals surface area contributed by atoms with Gasteiger partial charge < -0.3 is 19.7 Å². The van der Waals surface area contributed by atoms with Crippen molar-refractivity contribution in [1.29, 1.82) is 0 Å². The number of Topliss-reactive ketones (excluding diaryl/α,β-unsaturated/α-hetero) is 1. The minimum absolute atomic E-state index is 0.0628. The third-order valence-corrected chi connectivity index (χ3v) is 3.74. The maximum absolute atomic E-state index is 11.5. The molecule has 2 N–H and O–H groups in total. The summed E-state index contributed by atoms with van der Waals surface area (Å²) in [6.07, 6.45) is -2.58. The molecule has 2 rings (SSSR count). The molecule has 20 heavy (non-hydrogen) atoms. The largest absolute Gasteiger partial charge is 0.389 e. The zero-order chi connectivity index (χ0) is 14.8. The van der Waals surface area contributed by atoms with Crippen LogP contribution in [-0.2, 0) is 20.9 Å². The van der Waals surface area contributed by atoms with Crippen molar-refractivity contribution < 1.29 is 24.5 Å². The summed E-state index contributed by atoms with van der Waals surface area (Å²) >= 11 is 0. The minimum Gasteiger partial charge on any atom is -0.389 e. The summed E-state index contributed by atoms with van der Waals surface area (Å²) in [6.45, 7) is 3.15. The molecule has 0 amide bonds. The van der Waals surface area contributed by atoms with Gasteiger partial charge in [0.25, 0.3) is 0 Å². The van der Waals surface area contributed by atoms with Crippen LogP contribution in [0.5, 0.6) is 0 Å². The Kier molecular flexibility index (Phi) is 4.55. The van der Waals surface area contributed by atoms with Gasteiger partial charge in [0.05, 0.1) is 18.8 Å². The van der Waals surface area contributed by atoms with E-state index in [0.717, 1.165) is 5.56 Å². The van der Waals surface area contributed by atoms with Crippen LogP contribution in [0.3, 0.4) is 0 Å². The first-order chi connectivity index (χ1) is 9.44. The zero-order valence-corrected chi connectivity index (χ0v) is 11.7. The molecule has 4 unspecified atom stereocenters. The van der Waals surface area contributed by atoms with E-state index in [1.54, 1.807) is 6.92 Å². The van der Waals surface area contributed by atoms with Crippen LogP contribution in [-0.4, -0.2) is 40.1 Å². The van der Waals surface area contributed by atoms with Gasteiger partial charge in [0, 0.05) is 6.42 Å².